The molecule has 0 bridgehead atoms. The number of carboxylic acid groups (broad SMARTS) is 1. The smallest absolute Gasteiger partial charge is 0.307 e. The van der Waals surface area contributed by atoms with Crippen molar-refractivity contribution < 1.29 is 19.0 Å². The molecule has 1 aromatic rings. The minimum atomic E-state index is -0.916. The lowest BCUT2D eigenvalue weighted by molar-refractivity contribution is -0.135. The summed E-state index contributed by atoms with van der Waals surface area (Å²) in [6, 6.07) is 4.44. The molecule has 0 atom stereocenters. The molecular formula is C11H11FO3. The van der Waals surface area contributed by atoms with Crippen molar-refractivity contribution in [2.24, 2.45) is 0 Å². The molecule has 0 heterocycles. The van der Waals surface area contributed by atoms with Crippen LogP contribution in [0.1, 0.15) is 12.0 Å². The summed E-state index contributed by atoms with van der Waals surface area (Å²) >= 11 is 0. The molecule has 80 valence electrons. The fourth-order valence-corrected chi connectivity index (χ4v) is 1.08. The van der Waals surface area contributed by atoms with Gasteiger partial charge in [0.1, 0.15) is 0 Å². The van der Waals surface area contributed by atoms with Crippen LogP contribution in [0, 0.1) is 5.82 Å². The molecule has 0 aromatic heterocycles. The predicted molar refractivity (Wildman–Crippen MR) is 54.2 cm³/mol. The summed E-state index contributed by atoms with van der Waals surface area (Å²) in [5.74, 6) is -1.21. The van der Waals surface area contributed by atoms with Crippen molar-refractivity contribution >= 4 is 12.0 Å². The van der Waals surface area contributed by atoms with Crippen LogP contribution in [-0.4, -0.2) is 18.2 Å². The maximum Gasteiger partial charge on any atom is 0.307 e. The Morgan fingerprint density at radius 1 is 1.60 bits per heavy atom. The third-order valence-corrected chi connectivity index (χ3v) is 1.78. The Balaban J connectivity index is 2.75. The Labute approximate surface area is 86.8 Å². The highest BCUT2D eigenvalue weighted by molar-refractivity contribution is 5.70. The lowest BCUT2D eigenvalue weighted by atomic mass is 10.2. The van der Waals surface area contributed by atoms with Gasteiger partial charge in [-0.15, -0.1) is 0 Å². The second kappa shape index (κ2) is 5.14. The molecular weight excluding hydrogens is 199 g/mol. The minimum Gasteiger partial charge on any atom is -0.494 e. The molecule has 3 nitrogen and oxygen atoms in total. The number of carbonyl (C=O) groups is 1. The van der Waals surface area contributed by atoms with Gasteiger partial charge in [-0.25, -0.2) is 4.39 Å². The summed E-state index contributed by atoms with van der Waals surface area (Å²) < 4.78 is 17.9. The van der Waals surface area contributed by atoms with E-state index in [1.807, 2.05) is 0 Å². The topological polar surface area (TPSA) is 46.5 Å². The van der Waals surface area contributed by atoms with Crippen molar-refractivity contribution in [3.8, 4) is 5.75 Å². The fraction of sp³-hybridized carbons (Fsp3) is 0.182. The number of benzene rings is 1. The highest BCUT2D eigenvalue weighted by atomic mass is 19.1. The van der Waals surface area contributed by atoms with Gasteiger partial charge in [-0.05, 0) is 17.7 Å². The molecule has 0 fully saturated rings. The van der Waals surface area contributed by atoms with Crippen molar-refractivity contribution in [2.45, 2.75) is 6.42 Å². The quantitative estimate of drug-likeness (QED) is 0.829. The molecule has 1 aromatic carbocycles. The minimum absolute atomic E-state index is 0.0757. The first kappa shape index (κ1) is 11.2. The van der Waals surface area contributed by atoms with E-state index in [2.05, 4.69) is 0 Å². The first-order chi connectivity index (χ1) is 7.13. The van der Waals surface area contributed by atoms with E-state index < -0.39 is 11.8 Å². The number of ether oxygens (including phenoxy) is 1. The van der Waals surface area contributed by atoms with Gasteiger partial charge >= 0.3 is 5.97 Å². The van der Waals surface area contributed by atoms with Gasteiger partial charge in [0.2, 0.25) is 0 Å². The Bertz CT molecular complexity index is 385. The van der Waals surface area contributed by atoms with Gasteiger partial charge in [0, 0.05) is 0 Å². The summed E-state index contributed by atoms with van der Waals surface area (Å²) in [6.45, 7) is 0. The van der Waals surface area contributed by atoms with E-state index in [-0.39, 0.29) is 12.2 Å². The van der Waals surface area contributed by atoms with E-state index in [1.54, 1.807) is 12.1 Å². The molecule has 0 spiro atoms. The number of rotatable bonds is 4. The van der Waals surface area contributed by atoms with E-state index in [0.29, 0.717) is 5.56 Å². The van der Waals surface area contributed by atoms with E-state index >= 15 is 0 Å². The first-order valence-electron chi connectivity index (χ1n) is 4.35. The zero-order valence-electron chi connectivity index (χ0n) is 8.24. The Morgan fingerprint density at radius 3 is 2.87 bits per heavy atom. The third-order valence-electron chi connectivity index (χ3n) is 1.78. The van der Waals surface area contributed by atoms with E-state index in [4.69, 9.17) is 9.84 Å². The van der Waals surface area contributed by atoms with E-state index in [0.717, 1.165) is 0 Å². The number of hydrogen-bond donors (Lipinski definition) is 1. The average Bonchev–Trinajstić information content (AvgIpc) is 2.17. The van der Waals surface area contributed by atoms with Crippen LogP contribution < -0.4 is 4.74 Å². The van der Waals surface area contributed by atoms with Gasteiger partial charge in [0.25, 0.3) is 0 Å². The van der Waals surface area contributed by atoms with E-state index in [9.17, 15) is 9.18 Å². The van der Waals surface area contributed by atoms with Crippen LogP contribution in [0.4, 0.5) is 4.39 Å². The second-order valence-electron chi connectivity index (χ2n) is 2.89. The summed E-state index contributed by atoms with van der Waals surface area (Å²) in [4.78, 5) is 10.2. The molecule has 0 amide bonds. The zero-order valence-corrected chi connectivity index (χ0v) is 8.24. The fourth-order valence-electron chi connectivity index (χ4n) is 1.08. The molecule has 0 aliphatic carbocycles. The lowest BCUT2D eigenvalue weighted by Gasteiger charge is -2.01. The molecule has 1 N–H and O–H groups in total. The van der Waals surface area contributed by atoms with Crippen LogP contribution in [0.3, 0.4) is 0 Å². The van der Waals surface area contributed by atoms with Gasteiger partial charge in [0.15, 0.2) is 11.6 Å². The molecule has 1 rings (SSSR count). The van der Waals surface area contributed by atoms with Crippen LogP contribution in [0.5, 0.6) is 5.75 Å². The lowest BCUT2D eigenvalue weighted by Crippen LogP contribution is -1.90. The molecule has 0 unspecified atom stereocenters. The standard InChI is InChI=1S/C11H11FO3/c1-15-10-6-5-8(7-9(10)12)3-2-4-11(13)14/h2-3,5-7H,4H2,1H3,(H,13,14)/b3-2+. The predicted octanol–water partition coefficient (Wildman–Crippen LogP) is 2.32. The second-order valence-corrected chi connectivity index (χ2v) is 2.89. The summed E-state index contributed by atoms with van der Waals surface area (Å²) in [5, 5.41) is 8.38. The van der Waals surface area contributed by atoms with Crippen molar-refractivity contribution in [2.75, 3.05) is 7.11 Å². The van der Waals surface area contributed by atoms with Crippen molar-refractivity contribution in [3.05, 3.63) is 35.7 Å². The van der Waals surface area contributed by atoms with Gasteiger partial charge < -0.3 is 9.84 Å². The summed E-state index contributed by atoms with van der Waals surface area (Å²) in [7, 11) is 1.39. The van der Waals surface area contributed by atoms with Crippen LogP contribution in [0.15, 0.2) is 24.3 Å². The monoisotopic (exact) mass is 210 g/mol. The molecule has 0 radical (unpaired) electrons. The number of carboxylic acids is 1. The normalized spacial score (nSPS) is 10.5. The van der Waals surface area contributed by atoms with Gasteiger partial charge in [-0.1, -0.05) is 18.2 Å². The molecule has 0 aliphatic rings. The maximum atomic E-state index is 13.2. The Kier molecular flexibility index (Phi) is 3.85. The highest BCUT2D eigenvalue weighted by Gasteiger charge is 2.01. The highest BCUT2D eigenvalue weighted by Crippen LogP contribution is 2.18. The van der Waals surface area contributed by atoms with E-state index in [1.165, 1.54) is 25.3 Å². The molecule has 0 aliphatic heterocycles. The van der Waals surface area contributed by atoms with Crippen molar-refractivity contribution in [1.82, 2.24) is 0 Å². The zero-order chi connectivity index (χ0) is 11.3. The molecule has 0 saturated heterocycles. The largest absolute Gasteiger partial charge is 0.494 e. The van der Waals surface area contributed by atoms with Gasteiger partial charge in [-0.2, -0.15) is 0 Å². The van der Waals surface area contributed by atoms with Crippen molar-refractivity contribution in [1.29, 1.82) is 0 Å². The summed E-state index contributed by atoms with van der Waals surface area (Å²) in [6.07, 6.45) is 2.94. The molecule has 4 heteroatoms. The number of halogens is 1. The van der Waals surface area contributed by atoms with Crippen LogP contribution >= 0.6 is 0 Å². The first-order valence-corrected chi connectivity index (χ1v) is 4.35. The SMILES string of the molecule is COc1ccc(/C=C/CC(=O)O)cc1F. The van der Waals surface area contributed by atoms with Gasteiger partial charge in [-0.3, -0.25) is 4.79 Å². The Morgan fingerprint density at radius 2 is 2.33 bits per heavy atom. The summed E-state index contributed by atoms with van der Waals surface area (Å²) in [5.41, 5.74) is 0.606. The number of methoxy groups -OCH3 is 1. The maximum absolute atomic E-state index is 13.2. The van der Waals surface area contributed by atoms with Crippen molar-refractivity contribution in [3.63, 3.8) is 0 Å². The van der Waals surface area contributed by atoms with Crippen LogP contribution in [0.2, 0.25) is 0 Å². The average molecular weight is 210 g/mol. The van der Waals surface area contributed by atoms with Crippen LogP contribution in [-0.2, 0) is 4.79 Å². The molecule has 15 heavy (non-hydrogen) atoms. The third kappa shape index (κ3) is 3.42. The number of hydrogen-bond acceptors (Lipinski definition) is 2. The molecule has 0 saturated carbocycles. The van der Waals surface area contributed by atoms with Crippen LogP contribution in [0.25, 0.3) is 6.08 Å². The van der Waals surface area contributed by atoms with Gasteiger partial charge in [0.05, 0.1) is 13.5 Å². The Hall–Kier alpha value is -1.84. The number of aliphatic carboxylic acids is 1.